The van der Waals surface area contributed by atoms with Gasteiger partial charge in [-0.25, -0.2) is 4.39 Å². The molecule has 96 valence electrons. The minimum atomic E-state index is -0.258. The highest BCUT2D eigenvalue weighted by Crippen LogP contribution is 2.25. The number of nitrogens with one attached hydrogen (secondary N) is 1. The highest BCUT2D eigenvalue weighted by Gasteiger charge is 2.09. The van der Waals surface area contributed by atoms with Crippen LogP contribution in [0.15, 0.2) is 28.9 Å². The molecule has 2 rings (SSSR count). The Hall–Kier alpha value is -1.36. The molecule has 0 aliphatic rings. The quantitative estimate of drug-likeness (QED) is 0.936. The SMILES string of the molecule is CCc1nn(C)cc1CNc1c(F)cccc1Br. The fourth-order valence-electron chi connectivity index (χ4n) is 1.88. The third-order valence-corrected chi connectivity index (χ3v) is 3.41. The lowest BCUT2D eigenvalue weighted by atomic mass is 10.2. The predicted molar refractivity (Wildman–Crippen MR) is 74.0 cm³/mol. The molecule has 0 aliphatic heterocycles. The summed E-state index contributed by atoms with van der Waals surface area (Å²) in [5, 5.41) is 7.47. The first-order chi connectivity index (χ1) is 8.61. The highest BCUT2D eigenvalue weighted by molar-refractivity contribution is 9.10. The standard InChI is InChI=1S/C13H15BrFN3/c1-3-12-9(8-18(2)17-12)7-16-13-10(14)5-4-6-11(13)15/h4-6,8,16H,3,7H2,1-2H3. The first-order valence-corrected chi connectivity index (χ1v) is 6.60. The molecule has 1 aromatic heterocycles. The molecule has 18 heavy (non-hydrogen) atoms. The van der Waals surface area contributed by atoms with Crippen molar-refractivity contribution in [3.63, 3.8) is 0 Å². The van der Waals surface area contributed by atoms with E-state index in [1.54, 1.807) is 10.7 Å². The predicted octanol–water partition coefficient (Wildman–Crippen LogP) is 3.50. The van der Waals surface area contributed by atoms with Crippen LogP contribution in [0.2, 0.25) is 0 Å². The topological polar surface area (TPSA) is 29.9 Å². The molecule has 0 radical (unpaired) electrons. The molecule has 0 amide bonds. The van der Waals surface area contributed by atoms with E-state index in [1.807, 2.05) is 19.3 Å². The van der Waals surface area contributed by atoms with E-state index in [0.717, 1.165) is 22.2 Å². The van der Waals surface area contributed by atoms with Crippen LogP contribution in [0.5, 0.6) is 0 Å². The van der Waals surface area contributed by atoms with Gasteiger partial charge in [0, 0.05) is 29.8 Å². The van der Waals surface area contributed by atoms with Crippen molar-refractivity contribution in [1.82, 2.24) is 9.78 Å². The highest BCUT2D eigenvalue weighted by atomic mass is 79.9. The molecule has 0 atom stereocenters. The molecule has 0 bridgehead atoms. The van der Waals surface area contributed by atoms with Gasteiger partial charge in [0.1, 0.15) is 5.82 Å². The number of aryl methyl sites for hydroxylation is 2. The number of para-hydroxylation sites is 1. The van der Waals surface area contributed by atoms with Crippen LogP contribution in [0.25, 0.3) is 0 Å². The maximum absolute atomic E-state index is 13.6. The van der Waals surface area contributed by atoms with Crippen molar-refractivity contribution in [3.05, 3.63) is 45.9 Å². The molecule has 1 heterocycles. The molecule has 0 spiro atoms. The van der Waals surface area contributed by atoms with Gasteiger partial charge in [-0.1, -0.05) is 13.0 Å². The fourth-order valence-corrected chi connectivity index (χ4v) is 2.36. The summed E-state index contributed by atoms with van der Waals surface area (Å²) in [5.74, 6) is -0.258. The van der Waals surface area contributed by atoms with Gasteiger partial charge < -0.3 is 5.32 Å². The van der Waals surface area contributed by atoms with Crippen LogP contribution in [0.3, 0.4) is 0 Å². The number of nitrogens with zero attached hydrogens (tertiary/aromatic N) is 2. The van der Waals surface area contributed by atoms with Crippen molar-refractivity contribution in [2.45, 2.75) is 19.9 Å². The Labute approximate surface area is 114 Å². The minimum absolute atomic E-state index is 0.258. The molecule has 3 nitrogen and oxygen atoms in total. The van der Waals surface area contributed by atoms with E-state index in [9.17, 15) is 4.39 Å². The van der Waals surface area contributed by atoms with E-state index < -0.39 is 0 Å². The number of rotatable bonds is 4. The monoisotopic (exact) mass is 311 g/mol. The van der Waals surface area contributed by atoms with E-state index in [2.05, 4.69) is 33.3 Å². The maximum atomic E-state index is 13.6. The van der Waals surface area contributed by atoms with Gasteiger partial charge in [0.15, 0.2) is 0 Å². The number of hydrogen-bond acceptors (Lipinski definition) is 2. The van der Waals surface area contributed by atoms with Gasteiger partial charge in [-0.05, 0) is 34.5 Å². The number of aromatic nitrogens is 2. The number of benzene rings is 1. The summed E-state index contributed by atoms with van der Waals surface area (Å²) in [6, 6.07) is 4.93. The van der Waals surface area contributed by atoms with Crippen LogP contribution in [-0.2, 0) is 20.0 Å². The Morgan fingerprint density at radius 3 is 2.89 bits per heavy atom. The molecule has 0 fully saturated rings. The zero-order chi connectivity index (χ0) is 13.1. The summed E-state index contributed by atoms with van der Waals surface area (Å²) in [6.07, 6.45) is 2.83. The molecular formula is C13H15BrFN3. The van der Waals surface area contributed by atoms with Gasteiger partial charge in [-0.3, -0.25) is 4.68 Å². The number of halogens is 2. The van der Waals surface area contributed by atoms with Crippen molar-refractivity contribution < 1.29 is 4.39 Å². The summed E-state index contributed by atoms with van der Waals surface area (Å²) >= 11 is 3.34. The first-order valence-electron chi connectivity index (χ1n) is 5.81. The molecule has 0 saturated carbocycles. The Morgan fingerprint density at radius 1 is 1.44 bits per heavy atom. The van der Waals surface area contributed by atoms with Crippen molar-refractivity contribution >= 4 is 21.6 Å². The van der Waals surface area contributed by atoms with Crippen LogP contribution in [0.4, 0.5) is 10.1 Å². The van der Waals surface area contributed by atoms with E-state index in [-0.39, 0.29) is 5.82 Å². The largest absolute Gasteiger partial charge is 0.378 e. The zero-order valence-electron chi connectivity index (χ0n) is 10.4. The van der Waals surface area contributed by atoms with Crippen molar-refractivity contribution in [3.8, 4) is 0 Å². The number of hydrogen-bond donors (Lipinski definition) is 1. The summed E-state index contributed by atoms with van der Waals surface area (Å²) in [5.41, 5.74) is 2.62. The molecule has 2 aromatic rings. The summed E-state index contributed by atoms with van der Waals surface area (Å²) in [7, 11) is 1.89. The fraction of sp³-hybridized carbons (Fsp3) is 0.308. The zero-order valence-corrected chi connectivity index (χ0v) is 12.0. The van der Waals surface area contributed by atoms with Crippen LogP contribution in [0.1, 0.15) is 18.2 Å². The second-order valence-electron chi connectivity index (χ2n) is 4.08. The van der Waals surface area contributed by atoms with Crippen molar-refractivity contribution in [1.29, 1.82) is 0 Å². The van der Waals surface area contributed by atoms with E-state index in [4.69, 9.17) is 0 Å². The third-order valence-electron chi connectivity index (χ3n) is 2.75. The normalized spacial score (nSPS) is 10.7. The van der Waals surface area contributed by atoms with Crippen LogP contribution in [-0.4, -0.2) is 9.78 Å². The van der Waals surface area contributed by atoms with Crippen molar-refractivity contribution in [2.24, 2.45) is 7.05 Å². The minimum Gasteiger partial charge on any atom is -0.378 e. The van der Waals surface area contributed by atoms with Crippen molar-refractivity contribution in [2.75, 3.05) is 5.32 Å². The van der Waals surface area contributed by atoms with Gasteiger partial charge in [-0.15, -0.1) is 0 Å². The van der Waals surface area contributed by atoms with E-state index in [1.165, 1.54) is 6.07 Å². The van der Waals surface area contributed by atoms with Gasteiger partial charge in [-0.2, -0.15) is 5.10 Å². The van der Waals surface area contributed by atoms with Crippen LogP contribution in [0, 0.1) is 5.82 Å². The molecule has 1 N–H and O–H groups in total. The molecule has 1 aromatic carbocycles. The smallest absolute Gasteiger partial charge is 0.147 e. The van der Waals surface area contributed by atoms with E-state index in [0.29, 0.717) is 12.2 Å². The first kappa shape index (κ1) is 13.1. The lowest BCUT2D eigenvalue weighted by Crippen LogP contribution is -2.03. The van der Waals surface area contributed by atoms with Gasteiger partial charge >= 0.3 is 0 Å². The average molecular weight is 312 g/mol. The average Bonchev–Trinajstić information content (AvgIpc) is 2.69. The maximum Gasteiger partial charge on any atom is 0.147 e. The Bertz CT molecular complexity index is 531. The summed E-state index contributed by atoms with van der Waals surface area (Å²) < 4.78 is 16.1. The van der Waals surface area contributed by atoms with Crippen LogP contribution < -0.4 is 5.32 Å². The number of anilines is 1. The molecular weight excluding hydrogens is 297 g/mol. The summed E-state index contributed by atoms with van der Waals surface area (Å²) in [6.45, 7) is 2.63. The van der Waals surface area contributed by atoms with Gasteiger partial charge in [0.25, 0.3) is 0 Å². The summed E-state index contributed by atoms with van der Waals surface area (Å²) in [4.78, 5) is 0. The second kappa shape index (κ2) is 5.52. The third kappa shape index (κ3) is 2.72. The second-order valence-corrected chi connectivity index (χ2v) is 4.93. The lowest BCUT2D eigenvalue weighted by molar-refractivity contribution is 0.629. The molecule has 0 aliphatic carbocycles. The molecule has 0 unspecified atom stereocenters. The van der Waals surface area contributed by atoms with Gasteiger partial charge in [0.2, 0.25) is 0 Å². The van der Waals surface area contributed by atoms with Gasteiger partial charge in [0.05, 0.1) is 11.4 Å². The molecule has 0 saturated heterocycles. The molecule has 5 heteroatoms. The van der Waals surface area contributed by atoms with Crippen LogP contribution >= 0.6 is 15.9 Å². The Kier molecular flexibility index (Phi) is 4.01. The Balaban J connectivity index is 2.16. The van der Waals surface area contributed by atoms with E-state index >= 15 is 0 Å². The lowest BCUT2D eigenvalue weighted by Gasteiger charge is -2.09. The Morgan fingerprint density at radius 2 is 2.22 bits per heavy atom.